The van der Waals surface area contributed by atoms with Crippen molar-refractivity contribution >= 4 is 23.2 Å². The molecular weight excluding hydrogens is 296 g/mol. The summed E-state index contributed by atoms with van der Waals surface area (Å²) < 4.78 is 13.4. The van der Waals surface area contributed by atoms with E-state index in [2.05, 4.69) is 19.2 Å². The zero-order chi connectivity index (χ0) is 14.7. The Labute approximate surface area is 128 Å². The Morgan fingerprint density at radius 1 is 1.05 bits per heavy atom. The van der Waals surface area contributed by atoms with Gasteiger partial charge in [-0.05, 0) is 47.0 Å². The molecule has 0 saturated carbocycles. The first kappa shape index (κ1) is 15.3. The molecule has 0 bridgehead atoms. The first-order valence-corrected chi connectivity index (χ1v) is 7.19. The van der Waals surface area contributed by atoms with Crippen LogP contribution in [0.15, 0.2) is 36.4 Å². The molecule has 2 rings (SSSR count). The summed E-state index contributed by atoms with van der Waals surface area (Å²) in [6.07, 6.45) is 0. The van der Waals surface area contributed by atoms with Crippen molar-refractivity contribution in [3.05, 3.63) is 57.8 Å². The van der Waals surface area contributed by atoms with Crippen LogP contribution in [0.1, 0.15) is 19.4 Å². The quantitative estimate of drug-likeness (QED) is 0.808. The van der Waals surface area contributed by atoms with Crippen LogP contribution in [0.4, 0.5) is 4.39 Å². The lowest BCUT2D eigenvalue weighted by Crippen LogP contribution is -2.21. The van der Waals surface area contributed by atoms with Crippen LogP contribution < -0.4 is 5.32 Å². The van der Waals surface area contributed by atoms with E-state index < -0.39 is 0 Å². The van der Waals surface area contributed by atoms with E-state index >= 15 is 0 Å². The molecule has 0 fully saturated rings. The first-order valence-electron chi connectivity index (χ1n) is 6.44. The summed E-state index contributed by atoms with van der Waals surface area (Å²) in [7, 11) is 0. The van der Waals surface area contributed by atoms with E-state index in [9.17, 15) is 4.39 Å². The monoisotopic (exact) mass is 311 g/mol. The van der Waals surface area contributed by atoms with Crippen LogP contribution in [0.3, 0.4) is 0 Å². The molecule has 0 atom stereocenters. The number of halogens is 3. The van der Waals surface area contributed by atoms with Gasteiger partial charge >= 0.3 is 0 Å². The SMILES string of the molecule is CC(C)NCc1cc(-c2cc(F)cc(Cl)c2)ccc1Cl. The third kappa shape index (κ3) is 3.95. The molecule has 1 N–H and O–H groups in total. The highest BCUT2D eigenvalue weighted by atomic mass is 35.5. The normalized spacial score (nSPS) is 11.1. The van der Waals surface area contributed by atoms with Gasteiger partial charge in [-0.3, -0.25) is 0 Å². The number of nitrogens with one attached hydrogen (secondary N) is 1. The van der Waals surface area contributed by atoms with Gasteiger partial charge in [0.25, 0.3) is 0 Å². The Bertz CT molecular complexity index is 591. The molecular formula is C16H16Cl2FN. The van der Waals surface area contributed by atoms with Crippen molar-refractivity contribution in [3.63, 3.8) is 0 Å². The zero-order valence-electron chi connectivity index (χ0n) is 11.4. The molecule has 0 heterocycles. The van der Waals surface area contributed by atoms with Gasteiger partial charge in [-0.1, -0.05) is 43.1 Å². The lowest BCUT2D eigenvalue weighted by molar-refractivity contribution is 0.589. The summed E-state index contributed by atoms with van der Waals surface area (Å²) in [6.45, 7) is 4.82. The average molecular weight is 312 g/mol. The van der Waals surface area contributed by atoms with E-state index in [1.807, 2.05) is 18.2 Å². The van der Waals surface area contributed by atoms with Crippen molar-refractivity contribution in [2.24, 2.45) is 0 Å². The minimum atomic E-state index is -0.343. The highest BCUT2D eigenvalue weighted by Crippen LogP contribution is 2.28. The Kier molecular flexibility index (Phi) is 5.03. The van der Waals surface area contributed by atoms with Crippen LogP contribution in [0.25, 0.3) is 11.1 Å². The van der Waals surface area contributed by atoms with E-state index in [1.54, 1.807) is 6.07 Å². The minimum absolute atomic E-state index is 0.343. The molecule has 0 aliphatic rings. The van der Waals surface area contributed by atoms with Crippen molar-refractivity contribution in [1.29, 1.82) is 0 Å². The third-order valence-electron chi connectivity index (χ3n) is 2.94. The van der Waals surface area contributed by atoms with Crippen molar-refractivity contribution in [2.75, 3.05) is 0 Å². The predicted octanol–water partition coefficient (Wildman–Crippen LogP) is 5.30. The second kappa shape index (κ2) is 6.57. The van der Waals surface area contributed by atoms with Gasteiger partial charge in [0, 0.05) is 22.6 Å². The molecule has 20 heavy (non-hydrogen) atoms. The van der Waals surface area contributed by atoms with Crippen molar-refractivity contribution in [3.8, 4) is 11.1 Å². The zero-order valence-corrected chi connectivity index (χ0v) is 12.9. The van der Waals surface area contributed by atoms with Gasteiger partial charge in [0.15, 0.2) is 0 Å². The maximum atomic E-state index is 13.4. The summed E-state index contributed by atoms with van der Waals surface area (Å²) in [5.41, 5.74) is 2.63. The van der Waals surface area contributed by atoms with E-state index in [0.29, 0.717) is 22.6 Å². The minimum Gasteiger partial charge on any atom is -0.310 e. The topological polar surface area (TPSA) is 12.0 Å². The number of rotatable bonds is 4. The molecule has 0 aliphatic heterocycles. The molecule has 0 aromatic heterocycles. The third-order valence-corrected chi connectivity index (χ3v) is 3.53. The van der Waals surface area contributed by atoms with Gasteiger partial charge < -0.3 is 5.32 Å². The second-order valence-electron chi connectivity index (χ2n) is 5.00. The van der Waals surface area contributed by atoms with Crippen LogP contribution in [-0.4, -0.2) is 6.04 Å². The maximum Gasteiger partial charge on any atom is 0.125 e. The summed E-state index contributed by atoms with van der Waals surface area (Å²) >= 11 is 12.1. The Morgan fingerprint density at radius 3 is 2.45 bits per heavy atom. The molecule has 106 valence electrons. The lowest BCUT2D eigenvalue weighted by Gasteiger charge is -2.11. The van der Waals surface area contributed by atoms with Crippen molar-refractivity contribution in [2.45, 2.75) is 26.4 Å². The van der Waals surface area contributed by atoms with Gasteiger partial charge in [0.05, 0.1) is 0 Å². The molecule has 0 radical (unpaired) electrons. The van der Waals surface area contributed by atoms with Crippen LogP contribution in [-0.2, 0) is 6.54 Å². The van der Waals surface area contributed by atoms with Gasteiger partial charge in [0.1, 0.15) is 5.82 Å². The van der Waals surface area contributed by atoms with Crippen molar-refractivity contribution in [1.82, 2.24) is 5.32 Å². The maximum absolute atomic E-state index is 13.4. The highest BCUT2D eigenvalue weighted by molar-refractivity contribution is 6.31. The Hall–Kier alpha value is -1.09. The Morgan fingerprint density at radius 2 is 1.80 bits per heavy atom. The molecule has 1 nitrogen and oxygen atoms in total. The van der Waals surface area contributed by atoms with Gasteiger partial charge in [0.2, 0.25) is 0 Å². The predicted molar refractivity (Wildman–Crippen MR) is 83.8 cm³/mol. The standard InChI is InChI=1S/C16H16Cl2FN/c1-10(2)20-9-13-5-11(3-4-16(13)18)12-6-14(17)8-15(19)7-12/h3-8,10,20H,9H2,1-2H3. The molecule has 0 saturated heterocycles. The van der Waals surface area contributed by atoms with Gasteiger partial charge in [-0.15, -0.1) is 0 Å². The summed E-state index contributed by atoms with van der Waals surface area (Å²) in [5.74, 6) is -0.343. The van der Waals surface area contributed by atoms with Crippen LogP contribution in [0, 0.1) is 5.82 Å². The second-order valence-corrected chi connectivity index (χ2v) is 5.84. The van der Waals surface area contributed by atoms with E-state index in [0.717, 1.165) is 16.7 Å². The Balaban J connectivity index is 2.35. The molecule has 0 spiro atoms. The van der Waals surface area contributed by atoms with E-state index in [4.69, 9.17) is 23.2 Å². The number of benzene rings is 2. The first-order chi connectivity index (χ1) is 9.45. The van der Waals surface area contributed by atoms with Crippen molar-refractivity contribution < 1.29 is 4.39 Å². The van der Waals surface area contributed by atoms with Gasteiger partial charge in [-0.2, -0.15) is 0 Å². The van der Waals surface area contributed by atoms with E-state index in [1.165, 1.54) is 12.1 Å². The smallest absolute Gasteiger partial charge is 0.125 e. The molecule has 2 aromatic carbocycles. The average Bonchev–Trinajstić information content (AvgIpc) is 2.36. The molecule has 0 unspecified atom stereocenters. The lowest BCUT2D eigenvalue weighted by atomic mass is 10.0. The summed E-state index contributed by atoms with van der Waals surface area (Å²) in [6, 6.07) is 10.5. The fourth-order valence-corrected chi connectivity index (χ4v) is 2.33. The summed E-state index contributed by atoms with van der Waals surface area (Å²) in [4.78, 5) is 0. The number of hydrogen-bond acceptors (Lipinski definition) is 1. The van der Waals surface area contributed by atoms with Crippen LogP contribution >= 0.6 is 23.2 Å². The molecule has 2 aromatic rings. The summed E-state index contributed by atoms with van der Waals surface area (Å²) in [5, 5.41) is 4.40. The van der Waals surface area contributed by atoms with Crippen LogP contribution in [0.5, 0.6) is 0 Å². The highest BCUT2D eigenvalue weighted by Gasteiger charge is 2.07. The van der Waals surface area contributed by atoms with Crippen LogP contribution in [0.2, 0.25) is 10.0 Å². The fourth-order valence-electron chi connectivity index (χ4n) is 1.92. The number of hydrogen-bond donors (Lipinski definition) is 1. The molecule has 0 aliphatic carbocycles. The molecule has 0 amide bonds. The van der Waals surface area contributed by atoms with Gasteiger partial charge in [-0.25, -0.2) is 4.39 Å². The molecule has 4 heteroatoms. The van der Waals surface area contributed by atoms with E-state index in [-0.39, 0.29) is 5.82 Å². The fraction of sp³-hybridized carbons (Fsp3) is 0.250. The largest absolute Gasteiger partial charge is 0.310 e.